The molecule has 0 saturated heterocycles. The van der Waals surface area contributed by atoms with Crippen LogP contribution in [0.5, 0.6) is 0 Å². The first-order valence-corrected chi connectivity index (χ1v) is 3.37. The quantitative estimate of drug-likeness (QED) is 0.580. The molecule has 1 rings (SSSR count). The van der Waals surface area contributed by atoms with E-state index in [0.29, 0.717) is 0 Å². The summed E-state index contributed by atoms with van der Waals surface area (Å²) in [6, 6.07) is 0. The molecule has 64 valence electrons. The number of ether oxygens (including phenoxy) is 1. The van der Waals surface area contributed by atoms with Gasteiger partial charge < -0.3 is 9.84 Å². The molecule has 1 N–H and O–H groups in total. The molecule has 0 spiro atoms. The molecule has 0 aromatic rings. The molecule has 0 aliphatic carbocycles. The highest BCUT2D eigenvalue weighted by atomic mass is 16.5. The van der Waals surface area contributed by atoms with Crippen LogP contribution in [0.2, 0.25) is 0 Å². The minimum absolute atomic E-state index is 0.116. The lowest BCUT2D eigenvalue weighted by molar-refractivity contribution is -0.132. The summed E-state index contributed by atoms with van der Waals surface area (Å²) in [6.45, 7) is 3.33. The van der Waals surface area contributed by atoms with Crippen molar-refractivity contribution in [2.24, 2.45) is 0 Å². The standard InChI is InChI=1S/C8H8O4/c1-8(2)3-5(7(10)11)6(4-9)12-8/h3H,1-2H3,(H,10,11). The molecule has 1 heterocycles. The lowest BCUT2D eigenvalue weighted by Gasteiger charge is -2.14. The van der Waals surface area contributed by atoms with E-state index in [-0.39, 0.29) is 11.3 Å². The van der Waals surface area contributed by atoms with Gasteiger partial charge in [0.25, 0.3) is 0 Å². The van der Waals surface area contributed by atoms with Crippen molar-refractivity contribution in [3.05, 3.63) is 17.4 Å². The summed E-state index contributed by atoms with van der Waals surface area (Å²) in [7, 11) is 0. The molecule has 0 bridgehead atoms. The van der Waals surface area contributed by atoms with Crippen molar-refractivity contribution in [3.63, 3.8) is 0 Å². The van der Waals surface area contributed by atoms with E-state index in [9.17, 15) is 9.59 Å². The zero-order chi connectivity index (χ0) is 9.35. The maximum absolute atomic E-state index is 10.5. The number of carboxylic acids is 1. The molecule has 12 heavy (non-hydrogen) atoms. The molecule has 1 aliphatic heterocycles. The summed E-state index contributed by atoms with van der Waals surface area (Å²) in [5.74, 6) is 0.0494. The van der Waals surface area contributed by atoms with Crippen molar-refractivity contribution in [2.75, 3.05) is 0 Å². The average Bonchev–Trinajstić information content (AvgIpc) is 2.25. The maximum atomic E-state index is 10.5. The molecule has 0 aromatic carbocycles. The van der Waals surface area contributed by atoms with E-state index in [1.807, 2.05) is 0 Å². The third-order valence-electron chi connectivity index (χ3n) is 1.42. The summed E-state index contributed by atoms with van der Waals surface area (Å²) >= 11 is 0. The van der Waals surface area contributed by atoms with Gasteiger partial charge in [-0.1, -0.05) is 0 Å². The van der Waals surface area contributed by atoms with Crippen molar-refractivity contribution >= 4 is 11.9 Å². The fourth-order valence-electron chi connectivity index (χ4n) is 0.995. The molecule has 4 nitrogen and oxygen atoms in total. The second kappa shape index (κ2) is 2.50. The van der Waals surface area contributed by atoms with Gasteiger partial charge in [-0.15, -0.1) is 0 Å². The monoisotopic (exact) mass is 168 g/mol. The lowest BCUT2D eigenvalue weighted by Crippen LogP contribution is -2.15. The van der Waals surface area contributed by atoms with Crippen molar-refractivity contribution in [2.45, 2.75) is 19.4 Å². The van der Waals surface area contributed by atoms with Crippen molar-refractivity contribution in [1.29, 1.82) is 0 Å². The Hall–Kier alpha value is -1.54. The summed E-state index contributed by atoms with van der Waals surface area (Å²) < 4.78 is 4.99. The van der Waals surface area contributed by atoms with Crippen LogP contribution in [-0.2, 0) is 14.3 Å². The van der Waals surface area contributed by atoms with Gasteiger partial charge in [-0.3, -0.25) is 0 Å². The highest BCUT2D eigenvalue weighted by Crippen LogP contribution is 2.29. The molecule has 0 unspecified atom stereocenters. The predicted octanol–water partition coefficient (Wildman–Crippen LogP) is 0.522. The van der Waals surface area contributed by atoms with Gasteiger partial charge >= 0.3 is 5.97 Å². The summed E-state index contributed by atoms with van der Waals surface area (Å²) in [4.78, 5) is 20.7. The Kier molecular flexibility index (Phi) is 1.78. The number of carbonyl (C=O) groups is 1. The van der Waals surface area contributed by atoms with E-state index in [1.165, 1.54) is 12.0 Å². The Morgan fingerprint density at radius 2 is 2.25 bits per heavy atom. The minimum Gasteiger partial charge on any atom is -0.478 e. The molecule has 0 fully saturated rings. The molecule has 0 atom stereocenters. The Morgan fingerprint density at radius 1 is 1.67 bits per heavy atom. The Bertz CT molecular complexity index is 305. The molecular weight excluding hydrogens is 160 g/mol. The minimum atomic E-state index is -1.17. The van der Waals surface area contributed by atoms with Crippen LogP contribution in [0.25, 0.3) is 0 Å². The van der Waals surface area contributed by atoms with Crippen molar-refractivity contribution < 1.29 is 19.4 Å². The van der Waals surface area contributed by atoms with Crippen LogP contribution >= 0.6 is 0 Å². The van der Waals surface area contributed by atoms with E-state index in [4.69, 9.17) is 9.84 Å². The van der Waals surface area contributed by atoms with Gasteiger partial charge in [-0.25, -0.2) is 9.59 Å². The molecule has 0 saturated carbocycles. The zero-order valence-corrected chi connectivity index (χ0v) is 6.75. The van der Waals surface area contributed by atoms with Gasteiger partial charge in [0.05, 0.1) is 0 Å². The van der Waals surface area contributed by atoms with Crippen LogP contribution in [0.4, 0.5) is 0 Å². The molecule has 0 aromatic heterocycles. The molecule has 4 heteroatoms. The summed E-state index contributed by atoms with van der Waals surface area (Å²) in [5.41, 5.74) is -0.837. The fraction of sp³-hybridized carbons (Fsp3) is 0.375. The topological polar surface area (TPSA) is 63.6 Å². The number of hydrogen-bond acceptors (Lipinski definition) is 3. The summed E-state index contributed by atoms with van der Waals surface area (Å²) in [5, 5.41) is 8.60. The number of rotatable bonds is 1. The van der Waals surface area contributed by atoms with Gasteiger partial charge in [0, 0.05) is 0 Å². The molecule has 0 radical (unpaired) electrons. The predicted molar refractivity (Wildman–Crippen MR) is 40.1 cm³/mol. The largest absolute Gasteiger partial charge is 0.478 e. The van der Waals surface area contributed by atoms with Gasteiger partial charge in [0.2, 0.25) is 5.76 Å². The van der Waals surface area contributed by atoms with Crippen molar-refractivity contribution in [1.82, 2.24) is 0 Å². The maximum Gasteiger partial charge on any atom is 0.340 e. The summed E-state index contributed by atoms with van der Waals surface area (Å²) in [6.07, 6.45) is 1.38. The smallest absolute Gasteiger partial charge is 0.340 e. The van der Waals surface area contributed by atoms with Gasteiger partial charge in [0.15, 0.2) is 5.94 Å². The fourth-order valence-corrected chi connectivity index (χ4v) is 0.995. The first-order valence-electron chi connectivity index (χ1n) is 3.37. The van der Waals surface area contributed by atoms with Gasteiger partial charge in [0.1, 0.15) is 11.2 Å². The van der Waals surface area contributed by atoms with E-state index in [0.717, 1.165) is 0 Å². The van der Waals surface area contributed by atoms with Crippen LogP contribution in [0, 0.1) is 0 Å². The van der Waals surface area contributed by atoms with Crippen molar-refractivity contribution in [3.8, 4) is 0 Å². The second-order valence-electron chi connectivity index (χ2n) is 3.00. The van der Waals surface area contributed by atoms with E-state index in [1.54, 1.807) is 13.8 Å². The first-order chi connectivity index (χ1) is 5.46. The zero-order valence-electron chi connectivity index (χ0n) is 6.75. The van der Waals surface area contributed by atoms with Gasteiger partial charge in [-0.2, -0.15) is 0 Å². The Balaban J connectivity index is 3.12. The molecule has 1 aliphatic rings. The number of hydrogen-bond donors (Lipinski definition) is 1. The SMILES string of the molecule is CC1(C)C=C(C(=O)O)C(=C=O)O1. The van der Waals surface area contributed by atoms with Crippen LogP contribution in [0.15, 0.2) is 17.4 Å². The number of carboxylic acid groups (broad SMARTS) is 1. The third-order valence-corrected chi connectivity index (χ3v) is 1.42. The molecular formula is C8H8O4. The second-order valence-corrected chi connectivity index (χ2v) is 3.00. The first kappa shape index (κ1) is 8.56. The van der Waals surface area contributed by atoms with E-state index >= 15 is 0 Å². The Morgan fingerprint density at radius 3 is 2.58 bits per heavy atom. The van der Waals surface area contributed by atoms with Crippen LogP contribution in [0.1, 0.15) is 13.8 Å². The van der Waals surface area contributed by atoms with Crippen LogP contribution in [-0.4, -0.2) is 22.6 Å². The number of aliphatic carboxylic acids is 1. The number of carbonyl (C=O) groups excluding carboxylic acids is 1. The highest BCUT2D eigenvalue weighted by molar-refractivity contribution is 5.95. The van der Waals surface area contributed by atoms with Crippen LogP contribution < -0.4 is 0 Å². The van der Waals surface area contributed by atoms with E-state index in [2.05, 4.69) is 0 Å². The highest BCUT2D eigenvalue weighted by Gasteiger charge is 2.33. The third kappa shape index (κ3) is 1.38. The Labute approximate surface area is 69.1 Å². The normalized spacial score (nSPS) is 19.5. The van der Waals surface area contributed by atoms with E-state index < -0.39 is 11.6 Å². The van der Waals surface area contributed by atoms with Crippen LogP contribution in [0.3, 0.4) is 0 Å². The molecule has 0 amide bonds. The van der Waals surface area contributed by atoms with Gasteiger partial charge in [-0.05, 0) is 19.9 Å². The average molecular weight is 168 g/mol. The lowest BCUT2D eigenvalue weighted by atomic mass is 10.1.